The van der Waals surface area contributed by atoms with E-state index in [2.05, 4.69) is 5.32 Å². The fourth-order valence-corrected chi connectivity index (χ4v) is 1.62. The number of benzene rings is 1. The third kappa shape index (κ3) is 4.85. The maximum Gasteiger partial charge on any atom is 1.00 e. The molecule has 0 bridgehead atoms. The number of aryl methyl sites for hydroxylation is 1. The number of aliphatic hydroxyl groups is 1. The van der Waals surface area contributed by atoms with E-state index in [9.17, 15) is 19.8 Å². The molecule has 92 valence electrons. The van der Waals surface area contributed by atoms with Crippen LogP contribution in [0, 0.1) is 6.92 Å². The zero-order valence-corrected chi connectivity index (χ0v) is 14.2. The Morgan fingerprint density at radius 1 is 1.50 bits per heavy atom. The molecule has 1 rings (SSSR count). The molecule has 0 spiro atoms. The molecule has 5 nitrogen and oxygen atoms in total. The first-order chi connectivity index (χ1) is 7.95. The second-order valence-corrected chi connectivity index (χ2v) is 4.36. The fraction of sp³-hybridized carbons (Fsp3) is 0.273. The number of hydrogen-bond acceptors (Lipinski definition) is 4. The van der Waals surface area contributed by atoms with Gasteiger partial charge in [0.2, 0.25) is 0 Å². The molecule has 0 heterocycles. The van der Waals surface area contributed by atoms with Crippen molar-refractivity contribution in [1.29, 1.82) is 0 Å². The van der Waals surface area contributed by atoms with Crippen LogP contribution in [-0.4, -0.2) is 27.5 Å². The monoisotopic (exact) mass is 371 g/mol. The number of carboxylic acid groups (broad SMARTS) is 1. The Bertz CT molecular complexity index is 453. The van der Waals surface area contributed by atoms with Crippen LogP contribution in [0.25, 0.3) is 0 Å². The molecule has 0 radical (unpaired) electrons. The molecule has 0 aliphatic rings. The van der Waals surface area contributed by atoms with Gasteiger partial charge in [-0.2, -0.15) is 0 Å². The number of aromatic carboxylic acids is 1. The number of halogens is 1. The molecule has 7 heteroatoms. The molecule has 1 amide bonds. The Hall–Kier alpha value is -0.150. The van der Waals surface area contributed by atoms with Crippen LogP contribution < -0.4 is 40.0 Å². The van der Waals surface area contributed by atoms with Crippen LogP contribution in [0.5, 0.6) is 0 Å². The van der Waals surface area contributed by atoms with Gasteiger partial charge >= 0.3 is 29.6 Å². The van der Waals surface area contributed by atoms with Gasteiger partial charge in [0.15, 0.2) is 0 Å². The minimum atomic E-state index is -1.27. The van der Waals surface area contributed by atoms with Crippen LogP contribution in [0.3, 0.4) is 0 Å². The second kappa shape index (κ2) is 8.11. The number of alkyl halides is 1. The van der Waals surface area contributed by atoms with Gasteiger partial charge in [-0.1, -0.05) is 28.7 Å². The van der Waals surface area contributed by atoms with Crippen molar-refractivity contribution >= 4 is 40.2 Å². The van der Waals surface area contributed by atoms with Crippen molar-refractivity contribution in [2.45, 2.75) is 13.0 Å². The number of anilines is 1. The molecule has 18 heavy (non-hydrogen) atoms. The van der Waals surface area contributed by atoms with Gasteiger partial charge in [0.1, 0.15) is 6.10 Å². The van der Waals surface area contributed by atoms with Gasteiger partial charge in [-0.25, -0.2) is 0 Å². The van der Waals surface area contributed by atoms with Gasteiger partial charge in [-0.15, -0.1) is 0 Å². The summed E-state index contributed by atoms with van der Waals surface area (Å²) >= 11 is 1.90. The molecule has 0 fully saturated rings. The van der Waals surface area contributed by atoms with Crippen LogP contribution in [0.15, 0.2) is 18.2 Å². The number of hydrogen-bond donors (Lipinski definition) is 2. The van der Waals surface area contributed by atoms with Crippen molar-refractivity contribution in [3.05, 3.63) is 29.3 Å². The molecule has 1 unspecified atom stereocenters. The van der Waals surface area contributed by atoms with E-state index in [1.165, 1.54) is 18.2 Å². The van der Waals surface area contributed by atoms with E-state index in [-0.39, 0.29) is 35.1 Å². The Labute approximate surface area is 140 Å². The van der Waals surface area contributed by atoms with Crippen molar-refractivity contribution < 1.29 is 49.4 Å². The predicted molar refractivity (Wildman–Crippen MR) is 69.0 cm³/mol. The second-order valence-electron chi connectivity index (χ2n) is 3.48. The van der Waals surface area contributed by atoms with Gasteiger partial charge in [0.05, 0.1) is 5.97 Å². The summed E-state index contributed by atoms with van der Waals surface area (Å²) in [5.74, 6) is -1.78. The van der Waals surface area contributed by atoms with Crippen LogP contribution in [0.2, 0.25) is 0 Å². The summed E-state index contributed by atoms with van der Waals surface area (Å²) in [6.45, 7) is 1.67. The molecule has 0 saturated carbocycles. The Morgan fingerprint density at radius 3 is 2.56 bits per heavy atom. The number of rotatable bonds is 4. The minimum absolute atomic E-state index is 0. The summed E-state index contributed by atoms with van der Waals surface area (Å²) in [6.07, 6.45) is -1.07. The first-order valence-electron chi connectivity index (χ1n) is 4.82. The summed E-state index contributed by atoms with van der Waals surface area (Å²) in [4.78, 5) is 22.0. The molecule has 1 aromatic carbocycles. The average Bonchev–Trinajstić information content (AvgIpc) is 2.30. The van der Waals surface area contributed by atoms with Gasteiger partial charge < -0.3 is 20.3 Å². The quantitative estimate of drug-likeness (QED) is 0.338. The number of aliphatic hydroxyl groups excluding tert-OH is 1. The molecule has 2 N–H and O–H groups in total. The van der Waals surface area contributed by atoms with Crippen molar-refractivity contribution in [2.75, 3.05) is 9.74 Å². The summed E-state index contributed by atoms with van der Waals surface area (Å²) < 4.78 is 0.291. The Balaban J connectivity index is 0.00000289. The van der Waals surface area contributed by atoms with E-state index < -0.39 is 18.0 Å². The van der Waals surface area contributed by atoms with Crippen molar-refractivity contribution in [2.24, 2.45) is 0 Å². The molecule has 0 aliphatic heterocycles. The number of carboxylic acids is 1. The van der Waals surface area contributed by atoms with E-state index in [4.69, 9.17) is 0 Å². The molecule has 0 aromatic heterocycles. The Kier molecular flexibility index (Phi) is 8.04. The van der Waals surface area contributed by atoms with Crippen molar-refractivity contribution in [3.63, 3.8) is 0 Å². The third-order valence-electron chi connectivity index (χ3n) is 2.17. The van der Waals surface area contributed by atoms with Crippen molar-refractivity contribution in [1.82, 2.24) is 0 Å². The smallest absolute Gasteiger partial charge is 0.545 e. The first kappa shape index (κ1) is 17.8. The number of carbonyl (C=O) groups is 2. The van der Waals surface area contributed by atoms with E-state index in [0.717, 1.165) is 0 Å². The van der Waals surface area contributed by atoms with E-state index in [1.54, 1.807) is 6.92 Å². The van der Waals surface area contributed by atoms with Crippen LogP contribution in [0.4, 0.5) is 5.69 Å². The van der Waals surface area contributed by atoms with Crippen LogP contribution in [0.1, 0.15) is 15.9 Å². The number of carbonyl (C=O) groups excluding carboxylic acids is 2. The van der Waals surface area contributed by atoms with Gasteiger partial charge in [0, 0.05) is 10.1 Å². The Morgan fingerprint density at radius 2 is 2.11 bits per heavy atom. The van der Waals surface area contributed by atoms with E-state index in [1.807, 2.05) is 22.6 Å². The SMILES string of the molecule is Cc1cc(C(=O)[O-])ccc1NC(=O)C(O)CI.[Na+]. The molecule has 0 aliphatic carbocycles. The normalized spacial score (nSPS) is 11.3. The van der Waals surface area contributed by atoms with Crippen LogP contribution in [-0.2, 0) is 4.79 Å². The minimum Gasteiger partial charge on any atom is -0.545 e. The van der Waals surface area contributed by atoms with Gasteiger partial charge in [-0.3, -0.25) is 4.79 Å². The summed E-state index contributed by atoms with van der Waals surface area (Å²) in [5, 5.41) is 22.4. The molecule has 1 atom stereocenters. The molecular formula is C11H11INNaO4. The topological polar surface area (TPSA) is 89.5 Å². The van der Waals surface area contributed by atoms with Crippen LogP contribution >= 0.6 is 22.6 Å². The zero-order chi connectivity index (χ0) is 13.0. The van der Waals surface area contributed by atoms with E-state index in [0.29, 0.717) is 15.7 Å². The number of nitrogens with one attached hydrogen (secondary N) is 1. The summed E-state index contributed by atoms with van der Waals surface area (Å²) in [6, 6.07) is 4.22. The van der Waals surface area contributed by atoms with Gasteiger partial charge in [-0.05, 0) is 30.2 Å². The summed E-state index contributed by atoms with van der Waals surface area (Å²) in [7, 11) is 0. The largest absolute Gasteiger partial charge is 1.00 e. The standard InChI is InChI=1S/C11H12INO4.Na/c1-6-4-7(11(16)17)2-3-8(6)13-10(15)9(14)5-12;/h2-4,9,14H,5H2,1H3,(H,13,15)(H,16,17);/q;+1/p-1. The maximum absolute atomic E-state index is 11.4. The third-order valence-corrected chi connectivity index (χ3v) is 3.00. The van der Waals surface area contributed by atoms with E-state index >= 15 is 0 Å². The number of amides is 1. The zero-order valence-electron chi connectivity index (χ0n) is 10.1. The molecule has 0 saturated heterocycles. The van der Waals surface area contributed by atoms with Crippen molar-refractivity contribution in [3.8, 4) is 0 Å². The molecular weight excluding hydrogens is 360 g/mol. The predicted octanol–water partition coefficient (Wildman–Crippen LogP) is -2.90. The molecule has 1 aromatic rings. The summed E-state index contributed by atoms with van der Waals surface area (Å²) in [5.41, 5.74) is 1.12. The van der Waals surface area contributed by atoms with Gasteiger partial charge in [0.25, 0.3) is 5.91 Å². The first-order valence-corrected chi connectivity index (χ1v) is 6.35. The fourth-order valence-electron chi connectivity index (χ4n) is 1.22. The maximum atomic E-state index is 11.4. The average molecular weight is 371 g/mol.